The highest BCUT2D eigenvalue weighted by molar-refractivity contribution is 4.73. The normalized spacial score (nSPS) is 17.8. The van der Waals surface area contributed by atoms with Crippen molar-refractivity contribution in [1.29, 1.82) is 0 Å². The van der Waals surface area contributed by atoms with Crippen LogP contribution in [0.1, 0.15) is 60.8 Å². The third-order valence-electron chi connectivity index (χ3n) is 4.12. The minimum atomic E-state index is 0.725. The molecule has 0 N–H and O–H groups in total. The molecule has 0 fully saturated rings. The molecule has 0 rings (SSSR count). The smallest absolute Gasteiger partial charge is 0.00665 e. The Morgan fingerprint density at radius 2 is 1.50 bits per heavy atom. The van der Waals surface area contributed by atoms with Gasteiger partial charge < -0.3 is 4.90 Å². The molecule has 3 atom stereocenters. The average molecular weight is 227 g/mol. The van der Waals surface area contributed by atoms with Gasteiger partial charge in [0.05, 0.1) is 0 Å². The van der Waals surface area contributed by atoms with Gasteiger partial charge in [-0.05, 0) is 51.1 Å². The van der Waals surface area contributed by atoms with Gasteiger partial charge in [-0.15, -0.1) is 0 Å². The molecular formula is C15H33N. The van der Waals surface area contributed by atoms with Crippen LogP contribution in [0.2, 0.25) is 0 Å². The second-order valence-corrected chi connectivity index (χ2v) is 5.93. The summed E-state index contributed by atoms with van der Waals surface area (Å²) in [5.74, 6) is 2.60. The molecule has 16 heavy (non-hydrogen) atoms. The van der Waals surface area contributed by atoms with Crippen molar-refractivity contribution >= 4 is 0 Å². The average Bonchev–Trinajstić information content (AvgIpc) is 2.25. The molecule has 0 spiro atoms. The molecule has 0 saturated carbocycles. The van der Waals surface area contributed by atoms with Crippen molar-refractivity contribution in [3.05, 3.63) is 0 Å². The Kier molecular flexibility index (Phi) is 8.09. The lowest BCUT2D eigenvalue weighted by Gasteiger charge is -2.31. The Bertz CT molecular complexity index is 165. The highest BCUT2D eigenvalue weighted by atomic mass is 15.1. The highest BCUT2D eigenvalue weighted by Gasteiger charge is 2.21. The molecule has 0 aromatic carbocycles. The fraction of sp³-hybridized carbons (Fsp3) is 1.00. The summed E-state index contributed by atoms with van der Waals surface area (Å²) in [5.41, 5.74) is 0. The molecule has 0 aliphatic carbocycles. The number of hydrogen-bond donors (Lipinski definition) is 0. The Hall–Kier alpha value is -0.0400. The second-order valence-electron chi connectivity index (χ2n) is 5.93. The van der Waals surface area contributed by atoms with Gasteiger partial charge in [0.2, 0.25) is 0 Å². The molecule has 1 nitrogen and oxygen atoms in total. The minimum absolute atomic E-state index is 0.725. The summed E-state index contributed by atoms with van der Waals surface area (Å²) in [4.78, 5) is 2.47. The summed E-state index contributed by atoms with van der Waals surface area (Å²) in [5, 5.41) is 0. The number of hydrogen-bond acceptors (Lipinski definition) is 1. The molecule has 98 valence electrons. The van der Waals surface area contributed by atoms with E-state index < -0.39 is 0 Å². The maximum Gasteiger partial charge on any atom is 0.00665 e. The largest absolute Gasteiger partial charge is 0.304 e. The fourth-order valence-corrected chi connectivity index (χ4v) is 2.43. The number of rotatable bonds is 8. The number of nitrogens with zero attached hydrogens (tertiary/aromatic N) is 1. The summed E-state index contributed by atoms with van der Waals surface area (Å²) >= 11 is 0. The van der Waals surface area contributed by atoms with E-state index in [1.165, 1.54) is 19.3 Å². The summed E-state index contributed by atoms with van der Waals surface area (Å²) in [6.07, 6.45) is 4.06. The van der Waals surface area contributed by atoms with E-state index in [0.29, 0.717) is 0 Å². The summed E-state index contributed by atoms with van der Waals surface area (Å²) in [7, 11) is 2.24. The van der Waals surface area contributed by atoms with Gasteiger partial charge in [0, 0.05) is 6.04 Å². The quantitative estimate of drug-likeness (QED) is 0.593. The van der Waals surface area contributed by atoms with Crippen LogP contribution in [0, 0.1) is 17.8 Å². The van der Waals surface area contributed by atoms with E-state index >= 15 is 0 Å². The van der Waals surface area contributed by atoms with E-state index in [1.807, 2.05) is 0 Å². The van der Waals surface area contributed by atoms with Crippen molar-refractivity contribution in [2.45, 2.75) is 66.8 Å². The van der Waals surface area contributed by atoms with Crippen LogP contribution in [0.5, 0.6) is 0 Å². The Balaban J connectivity index is 4.29. The van der Waals surface area contributed by atoms with Crippen LogP contribution in [0.4, 0.5) is 0 Å². The molecule has 0 aliphatic rings. The fourth-order valence-electron chi connectivity index (χ4n) is 2.43. The summed E-state index contributed by atoms with van der Waals surface area (Å²) in [6.45, 7) is 15.2. The van der Waals surface area contributed by atoms with Crippen LogP contribution >= 0.6 is 0 Å². The van der Waals surface area contributed by atoms with Gasteiger partial charge in [-0.1, -0.05) is 41.0 Å². The van der Waals surface area contributed by atoms with Crippen LogP contribution in [0.15, 0.2) is 0 Å². The zero-order valence-electron chi connectivity index (χ0n) is 12.6. The van der Waals surface area contributed by atoms with Crippen molar-refractivity contribution in [3.8, 4) is 0 Å². The van der Waals surface area contributed by atoms with Crippen molar-refractivity contribution in [2.24, 2.45) is 17.8 Å². The Morgan fingerprint density at radius 3 is 1.88 bits per heavy atom. The van der Waals surface area contributed by atoms with E-state index in [1.54, 1.807) is 0 Å². The lowest BCUT2D eigenvalue weighted by molar-refractivity contribution is 0.183. The third kappa shape index (κ3) is 5.89. The van der Waals surface area contributed by atoms with Gasteiger partial charge in [-0.3, -0.25) is 0 Å². The molecule has 0 aliphatic heterocycles. The van der Waals surface area contributed by atoms with Crippen LogP contribution in [-0.4, -0.2) is 24.5 Å². The van der Waals surface area contributed by atoms with Crippen LogP contribution in [0.3, 0.4) is 0 Å². The molecule has 0 saturated heterocycles. The zero-order chi connectivity index (χ0) is 12.7. The molecule has 0 aromatic rings. The summed E-state index contributed by atoms with van der Waals surface area (Å²) in [6, 6.07) is 0.725. The van der Waals surface area contributed by atoms with E-state index in [-0.39, 0.29) is 0 Å². The van der Waals surface area contributed by atoms with Gasteiger partial charge >= 0.3 is 0 Å². The van der Waals surface area contributed by atoms with Crippen molar-refractivity contribution in [2.75, 3.05) is 13.6 Å². The van der Waals surface area contributed by atoms with Gasteiger partial charge in [0.25, 0.3) is 0 Å². The van der Waals surface area contributed by atoms with Crippen LogP contribution in [-0.2, 0) is 0 Å². The molecule has 1 heteroatoms. The van der Waals surface area contributed by atoms with E-state index in [2.05, 4.69) is 53.5 Å². The predicted octanol–water partition coefficient (Wildman–Crippen LogP) is 4.43. The lowest BCUT2D eigenvalue weighted by Crippen LogP contribution is -2.32. The van der Waals surface area contributed by atoms with Gasteiger partial charge in [-0.25, -0.2) is 0 Å². The van der Waals surface area contributed by atoms with Crippen LogP contribution in [0.25, 0.3) is 0 Å². The zero-order valence-corrected chi connectivity index (χ0v) is 12.6. The highest BCUT2D eigenvalue weighted by Crippen LogP contribution is 2.28. The Morgan fingerprint density at radius 1 is 0.938 bits per heavy atom. The SMILES string of the molecule is CCC(C)[C@@H](CC(C)C)C[C@@H](C)N(C)CC. The van der Waals surface area contributed by atoms with Gasteiger partial charge in [0.15, 0.2) is 0 Å². The predicted molar refractivity (Wildman–Crippen MR) is 74.8 cm³/mol. The molecular weight excluding hydrogens is 194 g/mol. The molecule has 0 radical (unpaired) electrons. The van der Waals surface area contributed by atoms with E-state index in [4.69, 9.17) is 0 Å². The Labute approximate surface area is 104 Å². The van der Waals surface area contributed by atoms with E-state index in [9.17, 15) is 0 Å². The first-order valence-electron chi connectivity index (χ1n) is 7.12. The molecule has 0 heterocycles. The van der Waals surface area contributed by atoms with Gasteiger partial charge in [-0.2, -0.15) is 0 Å². The first kappa shape index (κ1) is 16.0. The maximum absolute atomic E-state index is 2.47. The molecule has 0 aromatic heterocycles. The third-order valence-corrected chi connectivity index (χ3v) is 4.12. The minimum Gasteiger partial charge on any atom is -0.304 e. The monoisotopic (exact) mass is 227 g/mol. The standard InChI is InChI=1S/C15H33N/c1-8-13(5)15(10-12(3)4)11-14(6)16(7)9-2/h12-15H,8-11H2,1-7H3/t13?,14-,15+/m1/s1. The first-order valence-corrected chi connectivity index (χ1v) is 7.12. The van der Waals surface area contributed by atoms with Crippen molar-refractivity contribution in [1.82, 2.24) is 4.90 Å². The summed E-state index contributed by atoms with van der Waals surface area (Å²) < 4.78 is 0. The van der Waals surface area contributed by atoms with E-state index in [0.717, 1.165) is 30.3 Å². The molecule has 0 bridgehead atoms. The molecule has 0 amide bonds. The topological polar surface area (TPSA) is 3.24 Å². The lowest BCUT2D eigenvalue weighted by atomic mass is 9.81. The maximum atomic E-state index is 2.47. The first-order chi connectivity index (χ1) is 7.42. The molecule has 1 unspecified atom stereocenters. The second kappa shape index (κ2) is 8.11. The van der Waals surface area contributed by atoms with Crippen LogP contribution < -0.4 is 0 Å². The van der Waals surface area contributed by atoms with Crippen molar-refractivity contribution < 1.29 is 0 Å². The van der Waals surface area contributed by atoms with Gasteiger partial charge in [0.1, 0.15) is 0 Å². The van der Waals surface area contributed by atoms with Crippen molar-refractivity contribution in [3.63, 3.8) is 0 Å².